The third-order valence-electron chi connectivity index (χ3n) is 6.74. The molecule has 0 radical (unpaired) electrons. The zero-order valence-corrected chi connectivity index (χ0v) is 19.4. The van der Waals surface area contributed by atoms with Crippen LogP contribution in [0.5, 0.6) is 5.75 Å². The third kappa shape index (κ3) is 5.40. The van der Waals surface area contributed by atoms with Crippen LogP contribution in [0, 0.1) is 0 Å². The summed E-state index contributed by atoms with van der Waals surface area (Å²) in [5.74, 6) is 1.27. The second-order valence-corrected chi connectivity index (χ2v) is 8.76. The minimum Gasteiger partial charge on any atom is -0.496 e. The summed E-state index contributed by atoms with van der Waals surface area (Å²) in [5.41, 5.74) is 5.33. The van der Waals surface area contributed by atoms with E-state index in [2.05, 4.69) is 96.4 Å². The van der Waals surface area contributed by atoms with E-state index in [4.69, 9.17) is 4.74 Å². The highest BCUT2D eigenvalue weighted by atomic mass is 16.5. The maximum absolute atomic E-state index is 5.67. The quantitative estimate of drug-likeness (QED) is 0.483. The van der Waals surface area contributed by atoms with Gasteiger partial charge in [0.1, 0.15) is 5.75 Å². The van der Waals surface area contributed by atoms with Gasteiger partial charge in [0, 0.05) is 30.1 Å². The van der Waals surface area contributed by atoms with Crippen molar-refractivity contribution in [1.82, 2.24) is 10.6 Å². The predicted octanol–water partition coefficient (Wildman–Crippen LogP) is 5.69. The van der Waals surface area contributed by atoms with Crippen molar-refractivity contribution in [3.63, 3.8) is 0 Å². The molecule has 0 aliphatic carbocycles. The van der Waals surface area contributed by atoms with Crippen LogP contribution < -0.4 is 15.4 Å². The van der Waals surface area contributed by atoms with E-state index in [9.17, 15) is 0 Å². The van der Waals surface area contributed by atoms with Crippen LogP contribution in [0.2, 0.25) is 0 Å². The molecule has 4 rings (SSSR count). The molecule has 0 bridgehead atoms. The van der Waals surface area contributed by atoms with E-state index in [1.807, 2.05) is 0 Å². The fourth-order valence-corrected chi connectivity index (χ4v) is 5.02. The molecule has 1 heterocycles. The first-order valence-electron chi connectivity index (χ1n) is 12.0. The SMILES string of the molecule is CCc1ccc(OC)c(CNC2CCCCNC2C(c2ccccc2)c2ccccc2)c1. The second kappa shape index (κ2) is 11.3. The van der Waals surface area contributed by atoms with E-state index >= 15 is 0 Å². The maximum atomic E-state index is 5.67. The molecule has 1 fully saturated rings. The Bertz CT molecular complexity index is 918. The minimum absolute atomic E-state index is 0.303. The van der Waals surface area contributed by atoms with Crippen LogP contribution in [0.25, 0.3) is 0 Å². The first kappa shape index (κ1) is 22.6. The third-order valence-corrected chi connectivity index (χ3v) is 6.74. The Morgan fingerprint density at radius 1 is 0.938 bits per heavy atom. The van der Waals surface area contributed by atoms with Crippen molar-refractivity contribution in [3.8, 4) is 5.75 Å². The smallest absolute Gasteiger partial charge is 0.123 e. The summed E-state index contributed by atoms with van der Waals surface area (Å²) in [7, 11) is 1.77. The van der Waals surface area contributed by atoms with Gasteiger partial charge in [-0.05, 0) is 48.6 Å². The van der Waals surface area contributed by atoms with Crippen molar-refractivity contribution in [1.29, 1.82) is 0 Å². The van der Waals surface area contributed by atoms with Gasteiger partial charge < -0.3 is 15.4 Å². The van der Waals surface area contributed by atoms with Crippen LogP contribution in [-0.2, 0) is 13.0 Å². The molecular weight excluding hydrogens is 392 g/mol. The van der Waals surface area contributed by atoms with Gasteiger partial charge in [-0.15, -0.1) is 0 Å². The van der Waals surface area contributed by atoms with Gasteiger partial charge in [-0.25, -0.2) is 0 Å². The Labute approximate surface area is 193 Å². The van der Waals surface area contributed by atoms with Crippen molar-refractivity contribution in [2.24, 2.45) is 0 Å². The van der Waals surface area contributed by atoms with Crippen molar-refractivity contribution in [2.75, 3.05) is 13.7 Å². The van der Waals surface area contributed by atoms with E-state index in [1.165, 1.54) is 41.5 Å². The second-order valence-electron chi connectivity index (χ2n) is 8.76. The summed E-state index contributed by atoms with van der Waals surface area (Å²) in [6, 6.07) is 29.2. The summed E-state index contributed by atoms with van der Waals surface area (Å²) >= 11 is 0. The summed E-state index contributed by atoms with van der Waals surface area (Å²) in [6.07, 6.45) is 4.67. The van der Waals surface area contributed by atoms with E-state index in [-0.39, 0.29) is 0 Å². The van der Waals surface area contributed by atoms with Gasteiger partial charge in [-0.2, -0.15) is 0 Å². The normalized spacial score (nSPS) is 19.0. The zero-order valence-electron chi connectivity index (χ0n) is 19.4. The van der Waals surface area contributed by atoms with Crippen LogP contribution in [-0.4, -0.2) is 25.7 Å². The molecule has 0 spiro atoms. The van der Waals surface area contributed by atoms with Crippen molar-refractivity contribution in [2.45, 2.75) is 57.2 Å². The molecule has 1 saturated heterocycles. The molecule has 1 aliphatic heterocycles. The average Bonchev–Trinajstić information content (AvgIpc) is 3.09. The zero-order chi connectivity index (χ0) is 22.2. The molecule has 0 saturated carbocycles. The monoisotopic (exact) mass is 428 g/mol. The largest absolute Gasteiger partial charge is 0.496 e. The Hall–Kier alpha value is -2.62. The number of hydrogen-bond donors (Lipinski definition) is 2. The van der Waals surface area contributed by atoms with Crippen LogP contribution in [0.4, 0.5) is 0 Å². The standard InChI is InChI=1S/C29H36N2O/c1-3-22-17-18-27(32-2)25(20-22)21-31-26-16-10-11-19-30-29(26)28(23-12-6-4-7-13-23)24-14-8-5-9-15-24/h4-9,12-15,17-18,20,26,28-31H,3,10-11,16,19,21H2,1-2H3. The molecule has 3 nitrogen and oxygen atoms in total. The Balaban J connectivity index is 1.63. The average molecular weight is 429 g/mol. The lowest BCUT2D eigenvalue weighted by molar-refractivity contribution is 0.344. The first-order chi connectivity index (χ1) is 15.8. The molecule has 32 heavy (non-hydrogen) atoms. The number of hydrogen-bond acceptors (Lipinski definition) is 3. The predicted molar refractivity (Wildman–Crippen MR) is 133 cm³/mol. The molecule has 2 N–H and O–H groups in total. The Kier molecular flexibility index (Phi) is 7.97. The van der Waals surface area contributed by atoms with Gasteiger partial charge in [0.2, 0.25) is 0 Å². The highest BCUT2D eigenvalue weighted by Crippen LogP contribution is 2.32. The van der Waals surface area contributed by atoms with Gasteiger partial charge in [0.25, 0.3) is 0 Å². The van der Waals surface area contributed by atoms with Gasteiger partial charge in [0.15, 0.2) is 0 Å². The van der Waals surface area contributed by atoms with E-state index in [1.54, 1.807) is 7.11 Å². The lowest BCUT2D eigenvalue weighted by Crippen LogP contribution is -2.50. The summed E-state index contributed by atoms with van der Waals surface area (Å²) < 4.78 is 5.67. The highest BCUT2D eigenvalue weighted by Gasteiger charge is 2.32. The van der Waals surface area contributed by atoms with Gasteiger partial charge >= 0.3 is 0 Å². The molecular formula is C29H36N2O. The van der Waals surface area contributed by atoms with Gasteiger partial charge in [-0.1, -0.05) is 86.1 Å². The van der Waals surface area contributed by atoms with E-state index in [0.717, 1.165) is 25.3 Å². The molecule has 1 aliphatic rings. The Morgan fingerprint density at radius 3 is 2.25 bits per heavy atom. The lowest BCUT2D eigenvalue weighted by atomic mass is 9.81. The van der Waals surface area contributed by atoms with Crippen LogP contribution in [0.1, 0.15) is 54.4 Å². The lowest BCUT2D eigenvalue weighted by Gasteiger charge is -2.35. The number of benzene rings is 3. The molecule has 168 valence electrons. The number of aryl methyl sites for hydroxylation is 1. The summed E-state index contributed by atoms with van der Waals surface area (Å²) in [4.78, 5) is 0. The number of methoxy groups -OCH3 is 1. The van der Waals surface area contributed by atoms with Crippen LogP contribution in [0.15, 0.2) is 78.9 Å². The summed E-state index contributed by atoms with van der Waals surface area (Å²) in [6.45, 7) is 4.08. The molecule has 0 aromatic heterocycles. The Morgan fingerprint density at radius 2 is 1.62 bits per heavy atom. The molecule has 2 atom stereocenters. The van der Waals surface area contributed by atoms with E-state index in [0.29, 0.717) is 18.0 Å². The molecule has 3 heteroatoms. The number of rotatable bonds is 8. The molecule has 3 aromatic carbocycles. The minimum atomic E-state index is 0.303. The fourth-order valence-electron chi connectivity index (χ4n) is 5.02. The number of ether oxygens (including phenoxy) is 1. The van der Waals surface area contributed by atoms with Crippen molar-refractivity contribution >= 4 is 0 Å². The van der Waals surface area contributed by atoms with Gasteiger partial charge in [-0.3, -0.25) is 0 Å². The molecule has 0 amide bonds. The topological polar surface area (TPSA) is 33.3 Å². The van der Waals surface area contributed by atoms with Crippen molar-refractivity contribution < 1.29 is 4.74 Å². The molecule has 3 aromatic rings. The van der Waals surface area contributed by atoms with Crippen LogP contribution in [0.3, 0.4) is 0 Å². The first-order valence-corrected chi connectivity index (χ1v) is 12.0. The summed E-state index contributed by atoms with van der Waals surface area (Å²) in [5, 5.41) is 7.85. The van der Waals surface area contributed by atoms with Crippen LogP contribution >= 0.6 is 0 Å². The van der Waals surface area contributed by atoms with Gasteiger partial charge in [0.05, 0.1) is 7.11 Å². The fraction of sp³-hybridized carbons (Fsp3) is 0.379. The molecule has 2 unspecified atom stereocenters. The van der Waals surface area contributed by atoms with E-state index < -0.39 is 0 Å². The van der Waals surface area contributed by atoms with Crippen molar-refractivity contribution in [3.05, 3.63) is 101 Å². The maximum Gasteiger partial charge on any atom is 0.123 e. The highest BCUT2D eigenvalue weighted by molar-refractivity contribution is 5.38. The number of nitrogens with one attached hydrogen (secondary N) is 2.